The van der Waals surface area contributed by atoms with Crippen molar-refractivity contribution >= 4 is 0 Å². The summed E-state index contributed by atoms with van der Waals surface area (Å²) in [4.78, 5) is 0. The van der Waals surface area contributed by atoms with Crippen molar-refractivity contribution in [1.82, 2.24) is 5.32 Å². The van der Waals surface area contributed by atoms with Crippen LogP contribution in [-0.4, -0.2) is 19.7 Å². The summed E-state index contributed by atoms with van der Waals surface area (Å²) in [6.45, 7) is 10.1. The van der Waals surface area contributed by atoms with Crippen LogP contribution in [0.4, 0.5) is 0 Å². The standard InChI is InChI=1S/C15H21NO/c1-4-9-16-10-5-6-11-17-15-8-7-13(2)14(3)12-15/h4-8,12,16H,1,9-11H2,2-3H3/b6-5+. The van der Waals surface area contributed by atoms with Crippen molar-refractivity contribution in [3.8, 4) is 5.75 Å². The van der Waals surface area contributed by atoms with Crippen molar-refractivity contribution in [1.29, 1.82) is 0 Å². The van der Waals surface area contributed by atoms with Gasteiger partial charge in [0.25, 0.3) is 0 Å². The van der Waals surface area contributed by atoms with Gasteiger partial charge in [0.15, 0.2) is 0 Å². The van der Waals surface area contributed by atoms with Gasteiger partial charge in [0, 0.05) is 13.1 Å². The quantitative estimate of drug-likeness (QED) is 0.575. The van der Waals surface area contributed by atoms with E-state index in [1.807, 2.05) is 18.2 Å². The molecule has 0 aromatic heterocycles. The molecule has 0 amide bonds. The fourth-order valence-electron chi connectivity index (χ4n) is 1.37. The number of benzene rings is 1. The Labute approximate surface area is 104 Å². The van der Waals surface area contributed by atoms with Gasteiger partial charge in [-0.25, -0.2) is 0 Å². The molecule has 2 heteroatoms. The van der Waals surface area contributed by atoms with Crippen LogP contribution in [0.15, 0.2) is 43.0 Å². The molecule has 0 aliphatic carbocycles. The predicted molar refractivity (Wildman–Crippen MR) is 73.6 cm³/mol. The highest BCUT2D eigenvalue weighted by Crippen LogP contribution is 2.16. The summed E-state index contributed by atoms with van der Waals surface area (Å²) in [5, 5.41) is 3.19. The molecule has 0 saturated heterocycles. The Balaban J connectivity index is 2.26. The number of hydrogen-bond donors (Lipinski definition) is 1. The van der Waals surface area contributed by atoms with E-state index in [2.05, 4.69) is 44.0 Å². The number of nitrogens with one attached hydrogen (secondary N) is 1. The SMILES string of the molecule is C=CCNC/C=C/COc1ccc(C)c(C)c1. The first kappa shape index (κ1) is 13.5. The fraction of sp³-hybridized carbons (Fsp3) is 0.333. The van der Waals surface area contributed by atoms with Gasteiger partial charge in [-0.3, -0.25) is 0 Å². The van der Waals surface area contributed by atoms with Crippen LogP contribution in [-0.2, 0) is 0 Å². The summed E-state index contributed by atoms with van der Waals surface area (Å²) < 4.78 is 5.61. The molecular weight excluding hydrogens is 210 g/mol. The summed E-state index contributed by atoms with van der Waals surface area (Å²) in [6, 6.07) is 6.16. The maximum Gasteiger partial charge on any atom is 0.120 e. The molecule has 0 unspecified atom stereocenters. The molecule has 0 saturated carbocycles. The minimum atomic E-state index is 0.609. The van der Waals surface area contributed by atoms with Gasteiger partial charge < -0.3 is 10.1 Å². The lowest BCUT2D eigenvalue weighted by molar-refractivity contribution is 0.362. The largest absolute Gasteiger partial charge is 0.490 e. The molecule has 92 valence electrons. The Hall–Kier alpha value is -1.54. The molecule has 2 nitrogen and oxygen atoms in total. The molecule has 0 heterocycles. The molecule has 0 bridgehead atoms. The topological polar surface area (TPSA) is 21.3 Å². The van der Waals surface area contributed by atoms with E-state index in [-0.39, 0.29) is 0 Å². The monoisotopic (exact) mass is 231 g/mol. The third-order valence-electron chi connectivity index (χ3n) is 2.54. The summed E-state index contributed by atoms with van der Waals surface area (Å²) in [7, 11) is 0. The van der Waals surface area contributed by atoms with Gasteiger partial charge in [-0.2, -0.15) is 0 Å². The first-order chi connectivity index (χ1) is 8.24. The van der Waals surface area contributed by atoms with Gasteiger partial charge >= 0.3 is 0 Å². The van der Waals surface area contributed by atoms with E-state index in [0.29, 0.717) is 6.61 Å². The number of hydrogen-bond acceptors (Lipinski definition) is 2. The van der Waals surface area contributed by atoms with E-state index in [1.165, 1.54) is 11.1 Å². The number of aryl methyl sites for hydroxylation is 2. The average Bonchev–Trinajstić information content (AvgIpc) is 2.32. The molecular formula is C15H21NO. The smallest absolute Gasteiger partial charge is 0.120 e. The number of rotatable bonds is 7. The molecule has 1 aromatic rings. The minimum Gasteiger partial charge on any atom is -0.490 e. The average molecular weight is 231 g/mol. The Morgan fingerprint density at radius 2 is 2.00 bits per heavy atom. The lowest BCUT2D eigenvalue weighted by atomic mass is 10.1. The van der Waals surface area contributed by atoms with Gasteiger partial charge in [-0.1, -0.05) is 24.3 Å². The third-order valence-corrected chi connectivity index (χ3v) is 2.54. The Bertz CT molecular complexity index is 383. The highest BCUT2D eigenvalue weighted by atomic mass is 16.5. The second-order valence-corrected chi connectivity index (χ2v) is 3.98. The molecule has 1 aromatic carbocycles. The highest BCUT2D eigenvalue weighted by Gasteiger charge is 1.95. The zero-order valence-corrected chi connectivity index (χ0v) is 10.7. The normalized spacial score (nSPS) is 10.7. The molecule has 1 rings (SSSR count). The molecule has 17 heavy (non-hydrogen) atoms. The van der Waals surface area contributed by atoms with Crippen molar-refractivity contribution < 1.29 is 4.74 Å². The highest BCUT2D eigenvalue weighted by molar-refractivity contribution is 5.33. The van der Waals surface area contributed by atoms with E-state index in [9.17, 15) is 0 Å². The van der Waals surface area contributed by atoms with Crippen LogP contribution < -0.4 is 10.1 Å². The van der Waals surface area contributed by atoms with Gasteiger partial charge in [0.05, 0.1) is 0 Å². The first-order valence-corrected chi connectivity index (χ1v) is 5.90. The minimum absolute atomic E-state index is 0.609. The third kappa shape index (κ3) is 5.36. The molecule has 0 spiro atoms. The summed E-state index contributed by atoms with van der Waals surface area (Å²) in [5.41, 5.74) is 2.56. The summed E-state index contributed by atoms with van der Waals surface area (Å²) >= 11 is 0. The maximum absolute atomic E-state index is 5.61. The molecule has 0 atom stereocenters. The molecule has 0 radical (unpaired) electrons. The van der Waals surface area contributed by atoms with Gasteiger partial charge in [-0.15, -0.1) is 6.58 Å². The lowest BCUT2D eigenvalue weighted by Gasteiger charge is -2.05. The fourth-order valence-corrected chi connectivity index (χ4v) is 1.37. The van der Waals surface area contributed by atoms with Gasteiger partial charge in [0.1, 0.15) is 12.4 Å². The first-order valence-electron chi connectivity index (χ1n) is 5.90. The van der Waals surface area contributed by atoms with Gasteiger partial charge in [-0.05, 0) is 37.1 Å². The Morgan fingerprint density at radius 3 is 2.71 bits per heavy atom. The number of ether oxygens (including phenoxy) is 1. The van der Waals surface area contributed by atoms with Crippen LogP contribution >= 0.6 is 0 Å². The lowest BCUT2D eigenvalue weighted by Crippen LogP contribution is -2.12. The van der Waals surface area contributed by atoms with Gasteiger partial charge in [0.2, 0.25) is 0 Å². The van der Waals surface area contributed by atoms with Crippen LogP contribution in [0.25, 0.3) is 0 Å². The van der Waals surface area contributed by atoms with Crippen molar-refractivity contribution in [3.05, 3.63) is 54.1 Å². The maximum atomic E-state index is 5.61. The predicted octanol–water partition coefficient (Wildman–Crippen LogP) is 3.01. The molecule has 1 N–H and O–H groups in total. The Kier molecular flexibility index (Phi) is 6.12. The zero-order valence-electron chi connectivity index (χ0n) is 10.7. The molecule has 0 aliphatic rings. The summed E-state index contributed by atoms with van der Waals surface area (Å²) in [6.07, 6.45) is 5.93. The second-order valence-electron chi connectivity index (χ2n) is 3.98. The van der Waals surface area contributed by atoms with Crippen molar-refractivity contribution in [2.24, 2.45) is 0 Å². The Morgan fingerprint density at radius 1 is 1.18 bits per heavy atom. The van der Waals surface area contributed by atoms with E-state index in [1.54, 1.807) is 0 Å². The van der Waals surface area contributed by atoms with Crippen LogP contribution in [0.1, 0.15) is 11.1 Å². The van der Waals surface area contributed by atoms with E-state index in [0.717, 1.165) is 18.8 Å². The molecule has 0 fully saturated rings. The second kappa shape index (κ2) is 7.69. The van der Waals surface area contributed by atoms with Crippen LogP contribution in [0.2, 0.25) is 0 Å². The van der Waals surface area contributed by atoms with Crippen LogP contribution in [0, 0.1) is 13.8 Å². The van der Waals surface area contributed by atoms with Crippen molar-refractivity contribution in [3.63, 3.8) is 0 Å². The summed E-state index contributed by atoms with van der Waals surface area (Å²) in [5.74, 6) is 0.928. The van der Waals surface area contributed by atoms with E-state index in [4.69, 9.17) is 4.74 Å². The zero-order chi connectivity index (χ0) is 12.5. The molecule has 0 aliphatic heterocycles. The van der Waals surface area contributed by atoms with E-state index < -0.39 is 0 Å². The van der Waals surface area contributed by atoms with Crippen molar-refractivity contribution in [2.75, 3.05) is 19.7 Å². The van der Waals surface area contributed by atoms with Crippen LogP contribution in [0.3, 0.4) is 0 Å². The van der Waals surface area contributed by atoms with Crippen LogP contribution in [0.5, 0.6) is 5.75 Å². The van der Waals surface area contributed by atoms with E-state index >= 15 is 0 Å². The van der Waals surface area contributed by atoms with Crippen molar-refractivity contribution in [2.45, 2.75) is 13.8 Å².